The molecule has 3 nitrogen and oxygen atoms in total. The van der Waals surface area contributed by atoms with E-state index in [0.29, 0.717) is 0 Å². The van der Waals surface area contributed by atoms with Crippen LogP contribution in [0.5, 0.6) is 0 Å². The minimum atomic E-state index is -1.72. The lowest BCUT2D eigenvalue weighted by molar-refractivity contribution is 0.0723. The molecule has 0 aliphatic rings. The third-order valence-electron chi connectivity index (χ3n) is 3.81. The third kappa shape index (κ3) is 3.69. The van der Waals surface area contributed by atoms with Gasteiger partial charge in [-0.1, -0.05) is 20.8 Å². The van der Waals surface area contributed by atoms with Gasteiger partial charge in [-0.3, -0.25) is 0 Å². The molecule has 0 N–H and O–H groups in total. The first-order valence-corrected chi connectivity index (χ1v) is 9.53. The maximum atomic E-state index is 6.51. The van der Waals surface area contributed by atoms with E-state index >= 15 is 0 Å². The van der Waals surface area contributed by atoms with Crippen LogP contribution in [0.4, 0.5) is 0 Å². The largest absolute Gasteiger partial charge is 0.410 e. The average Bonchev–Trinajstić information content (AvgIpc) is 2.46. The Morgan fingerprint density at radius 3 is 2.17 bits per heavy atom. The number of nitrogens with zero attached hydrogens (tertiary/aromatic N) is 2. The number of aryl methyl sites for hydroxylation is 1. The number of aromatic nitrogens is 2. The van der Waals surface area contributed by atoms with Gasteiger partial charge in [-0.2, -0.15) is 0 Å². The van der Waals surface area contributed by atoms with Gasteiger partial charge in [0.2, 0.25) is 0 Å². The number of rotatable bonds is 4. The van der Waals surface area contributed by atoms with Crippen molar-refractivity contribution in [2.45, 2.75) is 71.8 Å². The van der Waals surface area contributed by atoms with E-state index in [1.165, 1.54) is 0 Å². The average molecular weight is 268 g/mol. The van der Waals surface area contributed by atoms with Crippen LogP contribution in [0.25, 0.3) is 0 Å². The molecule has 4 heteroatoms. The molecule has 0 radical (unpaired) electrons. The molecule has 0 amide bonds. The normalized spacial score (nSPS) is 14.0. The van der Waals surface area contributed by atoms with Gasteiger partial charge < -0.3 is 8.99 Å². The Kier molecular flexibility index (Phi) is 4.13. The Morgan fingerprint density at radius 2 is 1.78 bits per heavy atom. The van der Waals surface area contributed by atoms with Crippen LogP contribution in [-0.4, -0.2) is 23.5 Å². The minimum Gasteiger partial charge on any atom is -0.410 e. The van der Waals surface area contributed by atoms with Crippen LogP contribution in [-0.2, 0) is 11.0 Å². The first-order valence-electron chi connectivity index (χ1n) is 6.62. The lowest BCUT2D eigenvalue weighted by Gasteiger charge is -2.43. The highest BCUT2D eigenvalue weighted by molar-refractivity contribution is 6.74. The summed E-state index contributed by atoms with van der Waals surface area (Å²) < 4.78 is 8.67. The van der Waals surface area contributed by atoms with Crippen LogP contribution >= 0.6 is 0 Å². The number of hydrogen-bond donors (Lipinski definition) is 0. The Hall–Kier alpha value is -0.613. The molecule has 1 aromatic rings. The molecule has 1 rings (SSSR count). The van der Waals surface area contributed by atoms with E-state index in [2.05, 4.69) is 57.3 Å². The van der Waals surface area contributed by atoms with Crippen molar-refractivity contribution in [1.29, 1.82) is 0 Å². The van der Waals surface area contributed by atoms with Crippen molar-refractivity contribution in [2.24, 2.45) is 0 Å². The molecule has 0 aliphatic heterocycles. The summed E-state index contributed by atoms with van der Waals surface area (Å²) in [5.74, 6) is 1.04. The van der Waals surface area contributed by atoms with Crippen LogP contribution in [0.3, 0.4) is 0 Å². The fourth-order valence-corrected chi connectivity index (χ4v) is 3.61. The summed E-state index contributed by atoms with van der Waals surface area (Å²) in [6.07, 6.45) is 3.86. The Labute approximate surface area is 113 Å². The van der Waals surface area contributed by atoms with Gasteiger partial charge in [-0.05, 0) is 38.9 Å². The zero-order chi connectivity index (χ0) is 14.2. The Morgan fingerprint density at radius 1 is 1.22 bits per heavy atom. The molecule has 0 atom stereocenters. The van der Waals surface area contributed by atoms with E-state index in [1.54, 1.807) is 0 Å². The van der Waals surface area contributed by atoms with Crippen molar-refractivity contribution in [3.63, 3.8) is 0 Å². The summed E-state index contributed by atoms with van der Waals surface area (Å²) in [5, 5.41) is 0.244. The smallest absolute Gasteiger partial charge is 0.192 e. The van der Waals surface area contributed by atoms with E-state index in [9.17, 15) is 0 Å². The third-order valence-corrected chi connectivity index (χ3v) is 8.49. The molecule has 1 heterocycles. The predicted molar refractivity (Wildman–Crippen MR) is 79.3 cm³/mol. The molecule has 0 aliphatic carbocycles. The van der Waals surface area contributed by atoms with Gasteiger partial charge in [0.25, 0.3) is 0 Å². The summed E-state index contributed by atoms with van der Waals surface area (Å²) in [5.41, 5.74) is -0.158. The topological polar surface area (TPSA) is 27.1 Å². The van der Waals surface area contributed by atoms with Gasteiger partial charge >= 0.3 is 0 Å². The zero-order valence-corrected chi connectivity index (χ0v) is 14.2. The maximum Gasteiger partial charge on any atom is 0.192 e. The molecule has 0 fully saturated rings. The molecule has 18 heavy (non-hydrogen) atoms. The lowest BCUT2D eigenvalue weighted by atomic mass is 10.1. The summed E-state index contributed by atoms with van der Waals surface area (Å²) in [6, 6.07) is 0. The van der Waals surface area contributed by atoms with Gasteiger partial charge in [0.1, 0.15) is 5.82 Å². The standard InChI is InChI=1S/C14H28N2OSi/c1-12-15-9-10-16(12)11-14(5,6)17-18(7,8)13(2,3)4/h9-10H,11H2,1-8H3. The highest BCUT2D eigenvalue weighted by atomic mass is 28.4. The molecular formula is C14H28N2OSi. The number of imidazole rings is 1. The highest BCUT2D eigenvalue weighted by Crippen LogP contribution is 2.39. The van der Waals surface area contributed by atoms with Crippen molar-refractivity contribution in [3.8, 4) is 0 Å². The first-order chi connectivity index (χ1) is 7.95. The second kappa shape index (κ2) is 4.81. The fraction of sp³-hybridized carbons (Fsp3) is 0.786. The molecule has 1 aromatic heterocycles. The highest BCUT2D eigenvalue weighted by Gasteiger charge is 2.41. The molecule has 0 bridgehead atoms. The predicted octanol–water partition coefficient (Wildman–Crippen LogP) is 3.99. The van der Waals surface area contributed by atoms with Crippen molar-refractivity contribution in [1.82, 2.24) is 9.55 Å². The van der Waals surface area contributed by atoms with E-state index < -0.39 is 8.32 Å². The van der Waals surface area contributed by atoms with Gasteiger partial charge in [0, 0.05) is 12.4 Å². The van der Waals surface area contributed by atoms with Gasteiger partial charge in [-0.25, -0.2) is 4.98 Å². The van der Waals surface area contributed by atoms with E-state index in [-0.39, 0.29) is 10.6 Å². The van der Waals surface area contributed by atoms with Crippen LogP contribution < -0.4 is 0 Å². The monoisotopic (exact) mass is 268 g/mol. The van der Waals surface area contributed by atoms with E-state index in [0.717, 1.165) is 12.4 Å². The summed E-state index contributed by atoms with van der Waals surface area (Å²) in [7, 11) is -1.72. The van der Waals surface area contributed by atoms with Gasteiger partial charge in [-0.15, -0.1) is 0 Å². The minimum absolute atomic E-state index is 0.158. The van der Waals surface area contributed by atoms with Crippen LogP contribution in [0.1, 0.15) is 40.4 Å². The van der Waals surface area contributed by atoms with Crippen molar-refractivity contribution in [3.05, 3.63) is 18.2 Å². The summed E-state index contributed by atoms with van der Waals surface area (Å²) in [4.78, 5) is 4.26. The van der Waals surface area contributed by atoms with Gasteiger partial charge in [0.15, 0.2) is 8.32 Å². The molecular weight excluding hydrogens is 240 g/mol. The summed E-state index contributed by atoms with van der Waals surface area (Å²) in [6.45, 7) is 18.7. The van der Waals surface area contributed by atoms with Crippen molar-refractivity contribution in [2.75, 3.05) is 0 Å². The summed E-state index contributed by atoms with van der Waals surface area (Å²) >= 11 is 0. The molecule has 104 valence electrons. The zero-order valence-electron chi connectivity index (χ0n) is 13.2. The molecule has 0 unspecified atom stereocenters. The Bertz CT molecular complexity index is 402. The van der Waals surface area contributed by atoms with E-state index in [4.69, 9.17) is 4.43 Å². The van der Waals surface area contributed by atoms with Crippen LogP contribution in [0.15, 0.2) is 12.4 Å². The van der Waals surface area contributed by atoms with Crippen molar-refractivity contribution < 1.29 is 4.43 Å². The second-order valence-corrected chi connectivity index (χ2v) is 11.9. The van der Waals surface area contributed by atoms with Gasteiger partial charge in [0.05, 0.1) is 12.1 Å². The molecule has 0 aromatic carbocycles. The molecule has 0 saturated heterocycles. The quantitative estimate of drug-likeness (QED) is 0.772. The van der Waals surface area contributed by atoms with E-state index in [1.807, 2.05) is 19.3 Å². The lowest BCUT2D eigenvalue weighted by Crippen LogP contribution is -2.49. The fourth-order valence-electron chi connectivity index (χ4n) is 1.86. The molecule has 0 saturated carbocycles. The van der Waals surface area contributed by atoms with Crippen LogP contribution in [0.2, 0.25) is 18.1 Å². The van der Waals surface area contributed by atoms with Crippen LogP contribution in [0, 0.1) is 6.92 Å². The second-order valence-electron chi connectivity index (χ2n) is 7.22. The number of hydrogen-bond acceptors (Lipinski definition) is 2. The maximum absolute atomic E-state index is 6.51. The first kappa shape index (κ1) is 15.4. The van der Waals surface area contributed by atoms with Crippen molar-refractivity contribution >= 4 is 8.32 Å². The Balaban J connectivity index is 2.80. The molecule has 0 spiro atoms. The SMILES string of the molecule is Cc1nccn1CC(C)(C)O[Si](C)(C)C(C)(C)C.